The predicted molar refractivity (Wildman–Crippen MR) is 55.6 cm³/mol. The summed E-state index contributed by atoms with van der Waals surface area (Å²) in [6, 6.07) is 1.61. The molecule has 0 aromatic carbocycles. The van der Waals surface area contributed by atoms with Crippen molar-refractivity contribution >= 4 is 0 Å². The van der Waals surface area contributed by atoms with Crippen LogP contribution >= 0.6 is 0 Å². The second-order valence-corrected chi connectivity index (χ2v) is 4.09. The third kappa shape index (κ3) is 1.53. The van der Waals surface area contributed by atoms with E-state index in [9.17, 15) is 8.78 Å². The highest BCUT2D eigenvalue weighted by atomic mass is 19.3. The van der Waals surface area contributed by atoms with Crippen LogP contribution in [0.5, 0.6) is 0 Å². The lowest BCUT2D eigenvalue weighted by Gasteiger charge is -2.00. The number of nitrogens with zero attached hydrogens (tertiary/aromatic N) is 5. The largest absolute Gasteiger partial charge is 0.333 e. The zero-order valence-electron chi connectivity index (χ0n) is 9.27. The lowest BCUT2D eigenvalue weighted by atomic mass is 10.3. The first-order valence-corrected chi connectivity index (χ1v) is 5.43. The van der Waals surface area contributed by atoms with E-state index in [0.29, 0.717) is 21.9 Å². The van der Waals surface area contributed by atoms with Crippen LogP contribution < -0.4 is 0 Å². The molecule has 2 aromatic heterocycles. The third-order valence-electron chi connectivity index (χ3n) is 2.95. The third-order valence-corrected chi connectivity index (χ3v) is 2.95. The van der Waals surface area contributed by atoms with Gasteiger partial charge in [0.25, 0.3) is 0 Å². The molecule has 5 nitrogen and oxygen atoms in total. The maximum Gasteiger partial charge on any atom is 0.333 e. The zero-order valence-corrected chi connectivity index (χ0v) is 9.27. The Balaban J connectivity index is 2.07. The van der Waals surface area contributed by atoms with Crippen molar-refractivity contribution in [1.82, 2.24) is 24.5 Å². The van der Waals surface area contributed by atoms with Gasteiger partial charge in [0.2, 0.25) is 0 Å². The Morgan fingerprint density at radius 2 is 2.18 bits per heavy atom. The molecule has 0 radical (unpaired) electrons. The summed E-state index contributed by atoms with van der Waals surface area (Å²) in [5, 5.41) is 11.9. The van der Waals surface area contributed by atoms with Crippen LogP contribution in [0.15, 0.2) is 6.07 Å². The molecule has 0 spiro atoms. The molecule has 0 N–H and O–H groups in total. The fourth-order valence-electron chi connectivity index (χ4n) is 2.13. The van der Waals surface area contributed by atoms with Gasteiger partial charge in [-0.3, -0.25) is 0 Å². The van der Waals surface area contributed by atoms with Gasteiger partial charge in [-0.1, -0.05) is 0 Å². The van der Waals surface area contributed by atoms with Gasteiger partial charge in [0.05, 0.1) is 0 Å². The van der Waals surface area contributed by atoms with E-state index in [1.165, 1.54) is 0 Å². The Hall–Kier alpha value is -1.79. The quantitative estimate of drug-likeness (QED) is 0.802. The van der Waals surface area contributed by atoms with E-state index in [4.69, 9.17) is 0 Å². The number of aryl methyl sites for hydroxylation is 2. The number of halogens is 2. The standard InChI is InChI=1S/C10H11F2N5/c1-6-5-7(15-17(6)10(11)12)9-14-13-8-3-2-4-16(8)9/h5,10H,2-4H2,1H3. The van der Waals surface area contributed by atoms with Crippen molar-refractivity contribution in [2.75, 3.05) is 0 Å². The Bertz CT molecular complexity index is 557. The summed E-state index contributed by atoms with van der Waals surface area (Å²) in [7, 11) is 0. The summed E-state index contributed by atoms with van der Waals surface area (Å²) in [4.78, 5) is 0. The van der Waals surface area contributed by atoms with Crippen molar-refractivity contribution in [3.63, 3.8) is 0 Å². The monoisotopic (exact) mass is 239 g/mol. The molecule has 3 rings (SSSR count). The van der Waals surface area contributed by atoms with E-state index in [0.717, 1.165) is 25.2 Å². The van der Waals surface area contributed by atoms with Gasteiger partial charge in [0, 0.05) is 18.7 Å². The first-order valence-electron chi connectivity index (χ1n) is 5.43. The van der Waals surface area contributed by atoms with E-state index in [2.05, 4.69) is 15.3 Å². The van der Waals surface area contributed by atoms with Crippen LogP contribution in [0.2, 0.25) is 0 Å². The first kappa shape index (κ1) is 10.4. The molecule has 0 unspecified atom stereocenters. The lowest BCUT2D eigenvalue weighted by Crippen LogP contribution is -2.03. The van der Waals surface area contributed by atoms with Crippen LogP contribution in [-0.4, -0.2) is 24.5 Å². The van der Waals surface area contributed by atoms with Crippen molar-refractivity contribution in [1.29, 1.82) is 0 Å². The van der Waals surface area contributed by atoms with Crippen LogP contribution in [-0.2, 0) is 13.0 Å². The van der Waals surface area contributed by atoms with E-state index < -0.39 is 6.55 Å². The molecule has 7 heteroatoms. The number of rotatable bonds is 2. The predicted octanol–water partition coefficient (Wildman–Crippen LogP) is 1.79. The minimum absolute atomic E-state index is 0.422. The molecular weight excluding hydrogens is 228 g/mol. The van der Waals surface area contributed by atoms with Gasteiger partial charge in [-0.05, 0) is 19.4 Å². The molecule has 1 aliphatic rings. The van der Waals surface area contributed by atoms with E-state index in [1.807, 2.05) is 4.57 Å². The molecule has 17 heavy (non-hydrogen) atoms. The maximum atomic E-state index is 12.6. The Morgan fingerprint density at radius 3 is 2.88 bits per heavy atom. The van der Waals surface area contributed by atoms with Gasteiger partial charge in [0.1, 0.15) is 11.5 Å². The average Bonchev–Trinajstić information content (AvgIpc) is 2.89. The van der Waals surface area contributed by atoms with Crippen molar-refractivity contribution in [3.8, 4) is 11.5 Å². The summed E-state index contributed by atoms with van der Waals surface area (Å²) in [6.07, 6.45) is 1.91. The number of hydrogen-bond donors (Lipinski definition) is 0. The Kier molecular flexibility index (Phi) is 2.20. The smallest absolute Gasteiger partial charge is 0.310 e. The molecule has 0 aliphatic carbocycles. The van der Waals surface area contributed by atoms with E-state index in [1.54, 1.807) is 13.0 Å². The van der Waals surface area contributed by atoms with E-state index in [-0.39, 0.29) is 0 Å². The van der Waals surface area contributed by atoms with Crippen LogP contribution in [0.3, 0.4) is 0 Å². The minimum Gasteiger partial charge on any atom is -0.310 e. The molecule has 0 saturated heterocycles. The lowest BCUT2D eigenvalue weighted by molar-refractivity contribution is 0.0546. The highest BCUT2D eigenvalue weighted by molar-refractivity contribution is 5.50. The van der Waals surface area contributed by atoms with Crippen molar-refractivity contribution < 1.29 is 8.78 Å². The van der Waals surface area contributed by atoms with Gasteiger partial charge >= 0.3 is 6.55 Å². The Morgan fingerprint density at radius 1 is 1.35 bits per heavy atom. The van der Waals surface area contributed by atoms with Gasteiger partial charge in [-0.2, -0.15) is 13.9 Å². The number of hydrogen-bond acceptors (Lipinski definition) is 3. The summed E-state index contributed by atoms with van der Waals surface area (Å²) in [5.74, 6) is 1.49. The summed E-state index contributed by atoms with van der Waals surface area (Å²) in [5.41, 5.74) is 0.883. The second-order valence-electron chi connectivity index (χ2n) is 4.09. The summed E-state index contributed by atoms with van der Waals surface area (Å²) >= 11 is 0. The van der Waals surface area contributed by atoms with Gasteiger partial charge in [-0.25, -0.2) is 4.68 Å². The number of alkyl halides is 2. The molecule has 0 fully saturated rings. The zero-order chi connectivity index (χ0) is 12.0. The fraction of sp³-hybridized carbons (Fsp3) is 0.500. The maximum absolute atomic E-state index is 12.6. The highest BCUT2D eigenvalue weighted by Crippen LogP contribution is 2.24. The van der Waals surface area contributed by atoms with Crippen molar-refractivity contribution in [3.05, 3.63) is 17.6 Å². The molecule has 0 bridgehead atoms. The van der Waals surface area contributed by atoms with Crippen LogP contribution in [0, 0.1) is 6.92 Å². The molecule has 1 aliphatic heterocycles. The number of fused-ring (bicyclic) bond motifs is 1. The molecule has 90 valence electrons. The van der Waals surface area contributed by atoms with Gasteiger partial charge < -0.3 is 4.57 Å². The second kappa shape index (κ2) is 3.61. The minimum atomic E-state index is -2.62. The first-order chi connectivity index (χ1) is 8.16. The topological polar surface area (TPSA) is 48.5 Å². The van der Waals surface area contributed by atoms with E-state index >= 15 is 0 Å². The van der Waals surface area contributed by atoms with Gasteiger partial charge in [0.15, 0.2) is 5.82 Å². The SMILES string of the molecule is Cc1cc(-c2nnc3n2CCC3)nn1C(F)F. The average molecular weight is 239 g/mol. The Labute approximate surface area is 96.1 Å². The highest BCUT2D eigenvalue weighted by Gasteiger charge is 2.22. The molecule has 0 amide bonds. The normalized spacial score (nSPS) is 14.6. The molecule has 0 atom stereocenters. The van der Waals surface area contributed by atoms with Crippen LogP contribution in [0.4, 0.5) is 8.78 Å². The fourth-order valence-corrected chi connectivity index (χ4v) is 2.13. The van der Waals surface area contributed by atoms with Crippen LogP contribution in [0.1, 0.15) is 24.5 Å². The summed E-state index contributed by atoms with van der Waals surface area (Å²) < 4.78 is 27.9. The number of aromatic nitrogens is 5. The molecule has 0 saturated carbocycles. The van der Waals surface area contributed by atoms with Crippen molar-refractivity contribution in [2.45, 2.75) is 32.9 Å². The van der Waals surface area contributed by atoms with Crippen LogP contribution in [0.25, 0.3) is 11.5 Å². The molecular formula is C10H11F2N5. The van der Waals surface area contributed by atoms with Gasteiger partial charge in [-0.15, -0.1) is 10.2 Å². The summed E-state index contributed by atoms with van der Waals surface area (Å²) in [6.45, 7) is -0.188. The molecule has 2 aromatic rings. The molecule has 3 heterocycles. The van der Waals surface area contributed by atoms with Crippen molar-refractivity contribution in [2.24, 2.45) is 0 Å².